The molecule has 0 amide bonds. The standard InChI is InChI=1S/C11H14N4O2/c1-2-17-10-5-3-4-9(8-10)11-12-13-14-15(11)6-7-16/h3-5,8,16H,2,6-7H2,1H3. The molecule has 1 aromatic carbocycles. The molecule has 1 heterocycles. The van der Waals surface area contributed by atoms with Crippen LogP contribution in [0, 0.1) is 0 Å². The van der Waals surface area contributed by atoms with Gasteiger partial charge >= 0.3 is 0 Å². The van der Waals surface area contributed by atoms with Gasteiger partial charge in [-0.3, -0.25) is 0 Å². The molecule has 0 fully saturated rings. The van der Waals surface area contributed by atoms with E-state index >= 15 is 0 Å². The summed E-state index contributed by atoms with van der Waals surface area (Å²) in [6.45, 7) is 2.93. The molecule has 2 rings (SSSR count). The zero-order valence-corrected chi connectivity index (χ0v) is 9.58. The summed E-state index contributed by atoms with van der Waals surface area (Å²) in [7, 11) is 0. The number of hydrogen-bond acceptors (Lipinski definition) is 5. The van der Waals surface area contributed by atoms with Gasteiger partial charge in [0.05, 0.1) is 19.8 Å². The average molecular weight is 234 g/mol. The molecule has 6 heteroatoms. The summed E-state index contributed by atoms with van der Waals surface area (Å²) in [5, 5.41) is 20.3. The number of tetrazole rings is 1. The molecule has 0 radical (unpaired) electrons. The van der Waals surface area contributed by atoms with Crippen LogP contribution in [0.1, 0.15) is 6.92 Å². The van der Waals surface area contributed by atoms with Crippen molar-refractivity contribution in [3.63, 3.8) is 0 Å². The minimum absolute atomic E-state index is 0.00317. The topological polar surface area (TPSA) is 73.1 Å². The normalized spacial score (nSPS) is 10.5. The van der Waals surface area contributed by atoms with Crippen LogP contribution < -0.4 is 4.74 Å². The van der Waals surface area contributed by atoms with Crippen LogP contribution in [0.5, 0.6) is 5.75 Å². The molecule has 0 bridgehead atoms. The van der Waals surface area contributed by atoms with E-state index in [9.17, 15) is 0 Å². The summed E-state index contributed by atoms with van der Waals surface area (Å²) < 4.78 is 6.98. The molecule has 0 unspecified atom stereocenters. The fourth-order valence-electron chi connectivity index (χ4n) is 1.55. The molecule has 1 aromatic heterocycles. The summed E-state index contributed by atoms with van der Waals surface area (Å²) >= 11 is 0. The fraction of sp³-hybridized carbons (Fsp3) is 0.364. The number of rotatable bonds is 5. The predicted octanol–water partition coefficient (Wildman–Crippen LogP) is 0.731. The molecule has 0 spiro atoms. The molecule has 6 nitrogen and oxygen atoms in total. The number of hydrogen-bond donors (Lipinski definition) is 1. The molecule has 0 aliphatic rings. The van der Waals surface area contributed by atoms with Crippen molar-refractivity contribution in [1.82, 2.24) is 20.2 Å². The third kappa shape index (κ3) is 2.59. The molecule has 0 saturated carbocycles. The highest BCUT2D eigenvalue weighted by Gasteiger charge is 2.08. The van der Waals surface area contributed by atoms with Crippen LogP contribution in [-0.2, 0) is 6.54 Å². The Kier molecular flexibility index (Phi) is 3.66. The number of aromatic nitrogens is 4. The Morgan fingerprint density at radius 1 is 1.41 bits per heavy atom. The highest BCUT2D eigenvalue weighted by Crippen LogP contribution is 2.21. The minimum Gasteiger partial charge on any atom is -0.494 e. The van der Waals surface area contributed by atoms with E-state index in [1.54, 1.807) is 4.68 Å². The van der Waals surface area contributed by atoms with E-state index in [0.717, 1.165) is 11.3 Å². The van der Waals surface area contributed by atoms with Crippen LogP contribution in [0.4, 0.5) is 0 Å². The van der Waals surface area contributed by atoms with Crippen molar-refractivity contribution in [3.05, 3.63) is 24.3 Å². The Labute approximate surface area is 98.8 Å². The van der Waals surface area contributed by atoms with E-state index in [2.05, 4.69) is 15.5 Å². The third-order valence-corrected chi connectivity index (χ3v) is 2.25. The maximum atomic E-state index is 8.91. The molecule has 17 heavy (non-hydrogen) atoms. The van der Waals surface area contributed by atoms with E-state index in [4.69, 9.17) is 9.84 Å². The Morgan fingerprint density at radius 2 is 2.29 bits per heavy atom. The smallest absolute Gasteiger partial charge is 0.182 e. The SMILES string of the molecule is CCOc1cccc(-c2nnnn2CCO)c1. The van der Waals surface area contributed by atoms with Crippen LogP contribution >= 0.6 is 0 Å². The zero-order valence-electron chi connectivity index (χ0n) is 9.58. The lowest BCUT2D eigenvalue weighted by molar-refractivity contribution is 0.269. The highest BCUT2D eigenvalue weighted by atomic mass is 16.5. The zero-order chi connectivity index (χ0) is 12.1. The van der Waals surface area contributed by atoms with E-state index in [1.807, 2.05) is 31.2 Å². The summed E-state index contributed by atoms with van der Waals surface area (Å²) in [4.78, 5) is 0. The third-order valence-electron chi connectivity index (χ3n) is 2.25. The monoisotopic (exact) mass is 234 g/mol. The number of aliphatic hydroxyl groups is 1. The molecule has 90 valence electrons. The van der Waals surface area contributed by atoms with E-state index in [0.29, 0.717) is 19.0 Å². The van der Waals surface area contributed by atoms with Gasteiger partial charge < -0.3 is 9.84 Å². The first-order chi connectivity index (χ1) is 8.35. The highest BCUT2D eigenvalue weighted by molar-refractivity contribution is 5.57. The van der Waals surface area contributed by atoms with Crippen molar-refractivity contribution >= 4 is 0 Å². The lowest BCUT2D eigenvalue weighted by atomic mass is 10.2. The molecular formula is C11H14N4O2. The van der Waals surface area contributed by atoms with Crippen molar-refractivity contribution in [2.75, 3.05) is 13.2 Å². The maximum absolute atomic E-state index is 8.91. The lowest BCUT2D eigenvalue weighted by Gasteiger charge is -2.06. The summed E-state index contributed by atoms with van der Waals surface area (Å²) in [5.41, 5.74) is 0.870. The largest absolute Gasteiger partial charge is 0.494 e. The van der Waals surface area contributed by atoms with Crippen molar-refractivity contribution in [1.29, 1.82) is 0 Å². The van der Waals surface area contributed by atoms with E-state index in [1.165, 1.54) is 0 Å². The van der Waals surface area contributed by atoms with E-state index < -0.39 is 0 Å². The van der Waals surface area contributed by atoms with E-state index in [-0.39, 0.29) is 6.61 Å². The average Bonchev–Trinajstić information content (AvgIpc) is 2.79. The van der Waals surface area contributed by atoms with Crippen LogP contribution in [0.3, 0.4) is 0 Å². The number of ether oxygens (including phenoxy) is 1. The van der Waals surface area contributed by atoms with Gasteiger partial charge in [0.15, 0.2) is 5.82 Å². The van der Waals surface area contributed by atoms with Crippen molar-refractivity contribution < 1.29 is 9.84 Å². The van der Waals surface area contributed by atoms with Crippen LogP contribution in [-0.4, -0.2) is 38.5 Å². The second-order valence-electron chi connectivity index (χ2n) is 3.41. The van der Waals surface area contributed by atoms with Crippen molar-refractivity contribution in [2.45, 2.75) is 13.5 Å². The molecule has 0 saturated heterocycles. The van der Waals surface area contributed by atoms with Gasteiger partial charge in [0.2, 0.25) is 0 Å². The number of nitrogens with zero attached hydrogens (tertiary/aromatic N) is 4. The van der Waals surface area contributed by atoms with Gasteiger partial charge in [-0.25, -0.2) is 4.68 Å². The maximum Gasteiger partial charge on any atom is 0.182 e. The van der Waals surface area contributed by atoms with Gasteiger partial charge in [0, 0.05) is 5.56 Å². The predicted molar refractivity (Wildman–Crippen MR) is 61.5 cm³/mol. The first kappa shape index (κ1) is 11.5. The summed E-state index contributed by atoms with van der Waals surface area (Å²) in [6, 6.07) is 7.55. The second-order valence-corrected chi connectivity index (χ2v) is 3.41. The minimum atomic E-state index is 0.00317. The van der Waals surface area contributed by atoms with Gasteiger partial charge in [0.1, 0.15) is 5.75 Å². The molecule has 0 aliphatic heterocycles. The first-order valence-electron chi connectivity index (χ1n) is 5.45. The fourth-order valence-corrected chi connectivity index (χ4v) is 1.55. The Hall–Kier alpha value is -1.95. The molecule has 0 atom stereocenters. The molecule has 1 N–H and O–H groups in total. The Balaban J connectivity index is 2.31. The van der Waals surface area contributed by atoms with Gasteiger partial charge in [0.25, 0.3) is 0 Å². The van der Waals surface area contributed by atoms with Crippen LogP contribution in [0.2, 0.25) is 0 Å². The van der Waals surface area contributed by atoms with Gasteiger partial charge in [-0.05, 0) is 29.5 Å². The second kappa shape index (κ2) is 5.40. The Morgan fingerprint density at radius 3 is 3.06 bits per heavy atom. The lowest BCUT2D eigenvalue weighted by Crippen LogP contribution is -2.06. The molecular weight excluding hydrogens is 220 g/mol. The van der Waals surface area contributed by atoms with Crippen LogP contribution in [0.25, 0.3) is 11.4 Å². The first-order valence-corrected chi connectivity index (χ1v) is 5.45. The number of aliphatic hydroxyl groups excluding tert-OH is 1. The summed E-state index contributed by atoms with van der Waals surface area (Å²) in [6.07, 6.45) is 0. The number of benzene rings is 1. The van der Waals surface area contributed by atoms with Crippen LogP contribution in [0.15, 0.2) is 24.3 Å². The van der Waals surface area contributed by atoms with Gasteiger partial charge in [-0.15, -0.1) is 5.10 Å². The molecule has 0 aliphatic carbocycles. The van der Waals surface area contributed by atoms with Crippen molar-refractivity contribution in [2.24, 2.45) is 0 Å². The van der Waals surface area contributed by atoms with Gasteiger partial charge in [-0.2, -0.15) is 0 Å². The molecule has 2 aromatic rings. The Bertz CT molecular complexity index is 484. The van der Waals surface area contributed by atoms with Gasteiger partial charge in [-0.1, -0.05) is 12.1 Å². The van der Waals surface area contributed by atoms with Crippen molar-refractivity contribution in [3.8, 4) is 17.1 Å². The summed E-state index contributed by atoms with van der Waals surface area (Å²) in [5.74, 6) is 1.41. The quantitative estimate of drug-likeness (QED) is 0.825.